The number of nitrogens with one attached hydrogen (secondary N) is 1. The second-order valence-electron chi connectivity index (χ2n) is 7.25. The van der Waals surface area contributed by atoms with E-state index in [1.165, 1.54) is 12.1 Å². The summed E-state index contributed by atoms with van der Waals surface area (Å²) in [6, 6.07) is 6.64. The lowest BCUT2D eigenvalue weighted by atomic mass is 9.54. The van der Waals surface area contributed by atoms with Crippen molar-refractivity contribution >= 4 is 5.91 Å². The van der Waals surface area contributed by atoms with E-state index in [0.29, 0.717) is 6.61 Å². The highest BCUT2D eigenvalue weighted by Crippen LogP contribution is 2.50. The number of amides is 1. The van der Waals surface area contributed by atoms with Gasteiger partial charge in [-0.1, -0.05) is 44.2 Å². The van der Waals surface area contributed by atoms with E-state index in [1.54, 1.807) is 19.9 Å². The fourth-order valence-corrected chi connectivity index (χ4v) is 3.27. The van der Waals surface area contributed by atoms with Gasteiger partial charge >= 0.3 is 6.18 Å². The van der Waals surface area contributed by atoms with E-state index in [9.17, 15) is 23.1 Å². The summed E-state index contributed by atoms with van der Waals surface area (Å²) in [5.74, 6) is -0.739. The second kappa shape index (κ2) is 6.83. The molecule has 2 rings (SSSR count). The van der Waals surface area contributed by atoms with Gasteiger partial charge in [0.25, 0.3) is 0 Å². The number of hydrogen-bond donors (Lipinski definition) is 3. The number of ether oxygens (including phenoxy) is 1. The quantitative estimate of drug-likeness (QED) is 0.712. The molecule has 1 amide bonds. The molecule has 0 radical (unpaired) electrons. The topological polar surface area (TPSA) is 84.6 Å². The Morgan fingerprint density at radius 1 is 1.35 bits per heavy atom. The van der Waals surface area contributed by atoms with Crippen LogP contribution in [0.15, 0.2) is 30.3 Å². The number of nitrogens with two attached hydrogens (primary N) is 1. The molecule has 0 heterocycles. The minimum absolute atomic E-state index is 0.204. The smallest absolute Gasteiger partial charge is 0.378 e. The lowest BCUT2D eigenvalue weighted by Crippen LogP contribution is -2.76. The van der Waals surface area contributed by atoms with Gasteiger partial charge in [0, 0.05) is 18.4 Å². The number of rotatable bonds is 6. The van der Waals surface area contributed by atoms with E-state index in [2.05, 4.69) is 5.32 Å². The maximum absolute atomic E-state index is 13.5. The van der Waals surface area contributed by atoms with Crippen molar-refractivity contribution in [1.82, 2.24) is 5.32 Å². The normalized spacial score (nSPS) is 27.3. The van der Waals surface area contributed by atoms with Crippen LogP contribution in [-0.4, -0.2) is 42.0 Å². The van der Waals surface area contributed by atoms with E-state index in [-0.39, 0.29) is 18.1 Å². The van der Waals surface area contributed by atoms with Gasteiger partial charge in [-0.25, -0.2) is 0 Å². The molecular weight excluding hydrogens is 349 g/mol. The molecule has 0 aromatic heterocycles. The van der Waals surface area contributed by atoms with E-state index in [0.717, 1.165) is 12.1 Å². The molecular formula is C18H25F3N2O3. The molecule has 0 aliphatic heterocycles. The highest BCUT2D eigenvalue weighted by Gasteiger charge is 2.63. The number of aliphatic hydroxyl groups is 1. The Kier molecular flexibility index (Phi) is 5.43. The highest BCUT2D eigenvalue weighted by atomic mass is 19.4. The Balaban J connectivity index is 2.16. The molecule has 1 aliphatic carbocycles. The molecule has 3 atom stereocenters. The SMILES string of the molecule is CCOC1CC(N)(C(=O)NCC(O)(c2ccccc2)C(F)(F)F)C1(C)C. The summed E-state index contributed by atoms with van der Waals surface area (Å²) in [5.41, 5.74) is 0.513. The molecule has 1 aromatic carbocycles. The summed E-state index contributed by atoms with van der Waals surface area (Å²) in [4.78, 5) is 12.5. The predicted octanol–water partition coefficient (Wildman–Crippen LogP) is 2.09. The van der Waals surface area contributed by atoms with Gasteiger partial charge < -0.3 is 20.9 Å². The Hall–Kier alpha value is -1.64. The highest BCUT2D eigenvalue weighted by molar-refractivity contribution is 5.88. The number of halogens is 3. The average molecular weight is 374 g/mol. The summed E-state index contributed by atoms with van der Waals surface area (Å²) in [5, 5.41) is 12.5. The molecule has 8 heteroatoms. The van der Waals surface area contributed by atoms with Crippen LogP contribution < -0.4 is 11.1 Å². The van der Waals surface area contributed by atoms with Gasteiger partial charge in [-0.2, -0.15) is 13.2 Å². The second-order valence-corrected chi connectivity index (χ2v) is 7.25. The molecule has 1 aromatic rings. The van der Waals surface area contributed by atoms with Crippen molar-refractivity contribution in [2.24, 2.45) is 11.1 Å². The van der Waals surface area contributed by atoms with Gasteiger partial charge in [0.1, 0.15) is 5.54 Å². The molecule has 1 saturated carbocycles. The van der Waals surface area contributed by atoms with Gasteiger partial charge in [0.15, 0.2) is 0 Å². The van der Waals surface area contributed by atoms with Crippen molar-refractivity contribution in [2.75, 3.05) is 13.2 Å². The minimum Gasteiger partial charge on any atom is -0.378 e. The fourth-order valence-electron chi connectivity index (χ4n) is 3.27. The summed E-state index contributed by atoms with van der Waals surface area (Å²) >= 11 is 0. The molecule has 0 saturated heterocycles. The van der Waals surface area contributed by atoms with Crippen molar-refractivity contribution < 1.29 is 27.8 Å². The number of alkyl halides is 3. The van der Waals surface area contributed by atoms with Gasteiger partial charge in [0.05, 0.1) is 12.6 Å². The minimum atomic E-state index is -4.97. The summed E-state index contributed by atoms with van der Waals surface area (Å²) in [6.07, 6.45) is -5.01. The third kappa shape index (κ3) is 3.21. The molecule has 0 bridgehead atoms. The van der Waals surface area contributed by atoms with Gasteiger partial charge in [-0.05, 0) is 12.5 Å². The molecule has 1 fully saturated rings. The van der Waals surface area contributed by atoms with Crippen LogP contribution in [0.5, 0.6) is 0 Å². The van der Waals surface area contributed by atoms with Gasteiger partial charge in [-0.15, -0.1) is 0 Å². The Morgan fingerprint density at radius 2 is 1.92 bits per heavy atom. The molecule has 26 heavy (non-hydrogen) atoms. The largest absolute Gasteiger partial charge is 0.423 e. The molecule has 4 N–H and O–H groups in total. The molecule has 5 nitrogen and oxygen atoms in total. The first-order chi connectivity index (χ1) is 11.9. The first-order valence-electron chi connectivity index (χ1n) is 8.43. The summed E-state index contributed by atoms with van der Waals surface area (Å²) < 4.78 is 46.0. The summed E-state index contributed by atoms with van der Waals surface area (Å²) in [7, 11) is 0. The van der Waals surface area contributed by atoms with Crippen LogP contribution >= 0.6 is 0 Å². The van der Waals surface area contributed by atoms with Crippen molar-refractivity contribution in [3.63, 3.8) is 0 Å². The maximum Gasteiger partial charge on any atom is 0.423 e. The predicted molar refractivity (Wildman–Crippen MR) is 90.1 cm³/mol. The lowest BCUT2D eigenvalue weighted by Gasteiger charge is -2.57. The van der Waals surface area contributed by atoms with Crippen molar-refractivity contribution in [1.29, 1.82) is 0 Å². The third-order valence-corrected chi connectivity index (χ3v) is 5.46. The molecule has 0 spiro atoms. The van der Waals surface area contributed by atoms with Gasteiger partial charge in [-0.3, -0.25) is 4.79 Å². The van der Waals surface area contributed by atoms with Crippen molar-refractivity contribution in [3.05, 3.63) is 35.9 Å². The number of hydrogen-bond acceptors (Lipinski definition) is 4. The lowest BCUT2D eigenvalue weighted by molar-refractivity contribution is -0.264. The zero-order valence-electron chi connectivity index (χ0n) is 15.1. The van der Waals surface area contributed by atoms with Crippen LogP contribution in [0, 0.1) is 5.41 Å². The van der Waals surface area contributed by atoms with Crippen LogP contribution in [0.25, 0.3) is 0 Å². The van der Waals surface area contributed by atoms with E-state index >= 15 is 0 Å². The zero-order chi connectivity index (χ0) is 19.8. The Morgan fingerprint density at radius 3 is 2.38 bits per heavy atom. The van der Waals surface area contributed by atoms with Crippen molar-refractivity contribution in [2.45, 2.75) is 50.6 Å². The third-order valence-electron chi connectivity index (χ3n) is 5.46. The molecule has 146 valence electrons. The van der Waals surface area contributed by atoms with E-state index in [1.807, 2.05) is 6.92 Å². The van der Waals surface area contributed by atoms with Gasteiger partial charge in [0.2, 0.25) is 11.5 Å². The standard InChI is InChI=1S/C18H25F3N2O3/c1-4-26-13-10-16(22,15(13,2)3)14(24)23-11-17(25,18(19,20)21)12-8-6-5-7-9-12/h5-9,13,25H,4,10-11,22H2,1-3H3,(H,23,24). The maximum atomic E-state index is 13.5. The zero-order valence-corrected chi connectivity index (χ0v) is 15.1. The summed E-state index contributed by atoms with van der Waals surface area (Å²) in [6.45, 7) is 4.73. The van der Waals surface area contributed by atoms with Crippen LogP contribution in [0.3, 0.4) is 0 Å². The monoisotopic (exact) mass is 374 g/mol. The van der Waals surface area contributed by atoms with Crippen molar-refractivity contribution in [3.8, 4) is 0 Å². The molecule has 1 aliphatic rings. The number of benzene rings is 1. The Bertz CT molecular complexity index is 651. The first-order valence-corrected chi connectivity index (χ1v) is 8.43. The number of carbonyl (C=O) groups excluding carboxylic acids is 1. The fraction of sp³-hybridized carbons (Fsp3) is 0.611. The Labute approximate surface area is 150 Å². The van der Waals surface area contributed by atoms with Crippen LogP contribution in [0.2, 0.25) is 0 Å². The van der Waals surface area contributed by atoms with Crippen LogP contribution in [0.1, 0.15) is 32.8 Å². The average Bonchev–Trinajstić information content (AvgIpc) is 2.58. The first kappa shape index (κ1) is 20.7. The molecule has 3 unspecified atom stereocenters. The van der Waals surface area contributed by atoms with Crippen LogP contribution in [0.4, 0.5) is 13.2 Å². The van der Waals surface area contributed by atoms with E-state index < -0.39 is 35.2 Å². The number of carbonyl (C=O) groups is 1. The van der Waals surface area contributed by atoms with Crippen LogP contribution in [-0.2, 0) is 15.1 Å². The van der Waals surface area contributed by atoms with E-state index in [4.69, 9.17) is 10.5 Å².